The van der Waals surface area contributed by atoms with Crippen LogP contribution in [0.5, 0.6) is 0 Å². The topological polar surface area (TPSA) is 37.3 Å². The summed E-state index contributed by atoms with van der Waals surface area (Å²) in [7, 11) is 0. The van der Waals surface area contributed by atoms with Gasteiger partial charge in [-0.25, -0.2) is 4.79 Å². The van der Waals surface area contributed by atoms with Crippen molar-refractivity contribution in [1.29, 1.82) is 0 Å². The Kier molecular flexibility index (Phi) is 3.21. The molecular weight excluding hydrogens is 208 g/mol. The number of hydrogen-bond donors (Lipinski definition) is 1. The van der Waals surface area contributed by atoms with Crippen LogP contribution < -0.4 is 0 Å². The number of aliphatic carboxylic acids is 1. The fourth-order valence-electron chi connectivity index (χ4n) is 1.93. The van der Waals surface area contributed by atoms with Crippen LogP contribution in [-0.2, 0) is 17.6 Å². The van der Waals surface area contributed by atoms with Crippen LogP contribution in [-0.4, -0.2) is 11.1 Å². The maximum absolute atomic E-state index is 10.4. The molecule has 80 valence electrons. The second kappa shape index (κ2) is 4.62. The van der Waals surface area contributed by atoms with Crippen LogP contribution in [0, 0.1) is 0 Å². The normalized spacial score (nSPS) is 16.3. The number of aryl methyl sites for hydroxylation is 2. The molecule has 0 atom stereocenters. The average Bonchev–Trinajstić information content (AvgIpc) is 2.46. The molecular formula is C12H14O2S. The van der Waals surface area contributed by atoms with Gasteiger partial charge >= 0.3 is 5.97 Å². The summed E-state index contributed by atoms with van der Waals surface area (Å²) in [6.07, 6.45) is 9.10. The minimum Gasteiger partial charge on any atom is -0.478 e. The lowest BCUT2D eigenvalue weighted by Gasteiger charge is -1.92. The van der Waals surface area contributed by atoms with E-state index in [0.717, 1.165) is 11.3 Å². The summed E-state index contributed by atoms with van der Waals surface area (Å²) in [6.45, 7) is 0. The fraction of sp³-hybridized carbons (Fsp3) is 0.417. The molecule has 0 saturated carbocycles. The van der Waals surface area contributed by atoms with Crippen molar-refractivity contribution in [3.63, 3.8) is 0 Å². The van der Waals surface area contributed by atoms with Crippen molar-refractivity contribution < 1.29 is 9.90 Å². The first kappa shape index (κ1) is 10.4. The Morgan fingerprint density at radius 1 is 1.33 bits per heavy atom. The summed E-state index contributed by atoms with van der Waals surface area (Å²) in [6, 6.07) is 2.14. The van der Waals surface area contributed by atoms with Crippen molar-refractivity contribution in [2.24, 2.45) is 0 Å². The Morgan fingerprint density at radius 2 is 2.13 bits per heavy atom. The van der Waals surface area contributed by atoms with E-state index in [9.17, 15) is 4.79 Å². The van der Waals surface area contributed by atoms with Crippen LogP contribution in [0.1, 0.15) is 34.6 Å². The zero-order valence-corrected chi connectivity index (χ0v) is 9.35. The number of carboxylic acid groups (broad SMARTS) is 1. The summed E-state index contributed by atoms with van der Waals surface area (Å²) in [4.78, 5) is 12.9. The molecule has 0 saturated heterocycles. The fourth-order valence-corrected chi connectivity index (χ4v) is 3.09. The highest BCUT2D eigenvalue weighted by atomic mass is 32.1. The molecule has 0 fully saturated rings. The molecule has 1 aliphatic rings. The summed E-state index contributed by atoms with van der Waals surface area (Å²) < 4.78 is 0. The van der Waals surface area contributed by atoms with Gasteiger partial charge in [-0.15, -0.1) is 11.3 Å². The molecule has 2 nitrogen and oxygen atoms in total. The molecule has 1 N–H and O–H groups in total. The summed E-state index contributed by atoms with van der Waals surface area (Å²) >= 11 is 1.74. The first-order valence-corrected chi connectivity index (χ1v) is 6.10. The van der Waals surface area contributed by atoms with Gasteiger partial charge in [-0.3, -0.25) is 0 Å². The molecule has 3 heteroatoms. The number of hydrogen-bond acceptors (Lipinski definition) is 2. The molecule has 0 aliphatic heterocycles. The van der Waals surface area contributed by atoms with Crippen molar-refractivity contribution >= 4 is 23.4 Å². The Balaban J connectivity index is 2.18. The molecule has 0 spiro atoms. The first-order valence-electron chi connectivity index (χ1n) is 5.28. The molecule has 0 radical (unpaired) electrons. The lowest BCUT2D eigenvalue weighted by atomic mass is 10.1. The van der Waals surface area contributed by atoms with Gasteiger partial charge in [0.2, 0.25) is 0 Å². The highest BCUT2D eigenvalue weighted by molar-refractivity contribution is 7.13. The predicted molar refractivity (Wildman–Crippen MR) is 62.2 cm³/mol. The van der Waals surface area contributed by atoms with Crippen molar-refractivity contribution in [3.8, 4) is 0 Å². The third-order valence-corrected chi connectivity index (χ3v) is 3.86. The predicted octanol–water partition coefficient (Wildman–Crippen LogP) is 3.11. The van der Waals surface area contributed by atoms with Gasteiger partial charge in [0.1, 0.15) is 0 Å². The maximum Gasteiger partial charge on any atom is 0.328 e. The number of rotatable bonds is 2. The molecule has 1 aliphatic carbocycles. The van der Waals surface area contributed by atoms with Crippen molar-refractivity contribution in [3.05, 3.63) is 27.5 Å². The van der Waals surface area contributed by atoms with Crippen molar-refractivity contribution in [2.75, 3.05) is 0 Å². The molecule has 1 aromatic heterocycles. The number of fused-ring (bicyclic) bond motifs is 1. The monoisotopic (exact) mass is 222 g/mol. The lowest BCUT2D eigenvalue weighted by Crippen LogP contribution is -1.84. The lowest BCUT2D eigenvalue weighted by molar-refractivity contribution is -0.131. The standard InChI is InChI=1S/C12H14O2S/c13-12(14)7-6-10-8-9-4-2-1-3-5-11(9)15-10/h6-8H,1-5H2,(H,13,14)/b7-6+. The van der Waals surface area contributed by atoms with Gasteiger partial charge in [0.05, 0.1) is 0 Å². The van der Waals surface area contributed by atoms with Gasteiger partial charge in [-0.1, -0.05) is 6.42 Å². The van der Waals surface area contributed by atoms with E-state index in [1.165, 1.54) is 42.2 Å². The largest absolute Gasteiger partial charge is 0.478 e. The van der Waals surface area contributed by atoms with Gasteiger partial charge in [0.15, 0.2) is 0 Å². The Bertz CT molecular complexity index is 367. The summed E-state index contributed by atoms with van der Waals surface area (Å²) in [5, 5.41) is 8.54. The molecule has 1 aromatic rings. The SMILES string of the molecule is O=C(O)/C=C/c1cc2c(s1)CCCCC2. The minimum absolute atomic E-state index is 0.876. The third kappa shape index (κ3) is 2.69. The van der Waals surface area contributed by atoms with E-state index >= 15 is 0 Å². The van der Waals surface area contributed by atoms with Crippen LogP contribution in [0.25, 0.3) is 6.08 Å². The highest BCUT2D eigenvalue weighted by Gasteiger charge is 2.10. The summed E-state index contributed by atoms with van der Waals surface area (Å²) in [5.41, 5.74) is 1.43. The van der Waals surface area contributed by atoms with Crippen LogP contribution in [0.3, 0.4) is 0 Å². The van der Waals surface area contributed by atoms with Crippen LogP contribution in [0.15, 0.2) is 12.1 Å². The van der Waals surface area contributed by atoms with E-state index in [1.54, 1.807) is 17.4 Å². The van der Waals surface area contributed by atoms with E-state index in [-0.39, 0.29) is 0 Å². The second-order valence-corrected chi connectivity index (χ2v) is 5.00. The molecule has 15 heavy (non-hydrogen) atoms. The molecule has 0 bridgehead atoms. The van der Waals surface area contributed by atoms with E-state index in [0.29, 0.717) is 0 Å². The smallest absolute Gasteiger partial charge is 0.328 e. The molecule has 0 amide bonds. The van der Waals surface area contributed by atoms with Crippen molar-refractivity contribution in [1.82, 2.24) is 0 Å². The first-order chi connectivity index (χ1) is 7.25. The van der Waals surface area contributed by atoms with E-state index in [2.05, 4.69) is 6.07 Å². The second-order valence-electron chi connectivity index (χ2n) is 3.83. The summed E-state index contributed by atoms with van der Waals surface area (Å²) in [5.74, 6) is -0.876. The zero-order valence-electron chi connectivity index (χ0n) is 8.53. The quantitative estimate of drug-likeness (QED) is 0.616. The minimum atomic E-state index is -0.876. The molecule has 0 unspecified atom stereocenters. The van der Waals surface area contributed by atoms with E-state index < -0.39 is 5.97 Å². The van der Waals surface area contributed by atoms with Crippen LogP contribution in [0.4, 0.5) is 0 Å². The molecule has 0 aromatic carbocycles. The highest BCUT2D eigenvalue weighted by Crippen LogP contribution is 2.29. The van der Waals surface area contributed by atoms with Gasteiger partial charge in [-0.2, -0.15) is 0 Å². The number of thiophene rings is 1. The van der Waals surface area contributed by atoms with E-state index in [4.69, 9.17) is 5.11 Å². The van der Waals surface area contributed by atoms with Crippen molar-refractivity contribution in [2.45, 2.75) is 32.1 Å². The Labute approximate surface area is 93.3 Å². The van der Waals surface area contributed by atoms with Crippen LogP contribution >= 0.6 is 11.3 Å². The van der Waals surface area contributed by atoms with Gasteiger partial charge < -0.3 is 5.11 Å². The van der Waals surface area contributed by atoms with Gasteiger partial charge in [0, 0.05) is 15.8 Å². The van der Waals surface area contributed by atoms with Gasteiger partial charge in [0.25, 0.3) is 0 Å². The van der Waals surface area contributed by atoms with Gasteiger partial charge in [-0.05, 0) is 43.4 Å². The maximum atomic E-state index is 10.4. The third-order valence-electron chi connectivity index (χ3n) is 2.66. The van der Waals surface area contributed by atoms with Crippen LogP contribution in [0.2, 0.25) is 0 Å². The Morgan fingerprint density at radius 3 is 2.93 bits per heavy atom. The molecule has 1 heterocycles. The zero-order chi connectivity index (χ0) is 10.7. The Hall–Kier alpha value is -1.09. The number of carbonyl (C=O) groups is 1. The number of carboxylic acids is 1. The van der Waals surface area contributed by atoms with E-state index in [1.807, 2.05) is 0 Å². The molecule has 2 rings (SSSR count). The average molecular weight is 222 g/mol.